The molecular formula is C12H17N. The van der Waals surface area contributed by atoms with Gasteiger partial charge in [-0.2, -0.15) is 0 Å². The first-order chi connectivity index (χ1) is 6.22. The summed E-state index contributed by atoms with van der Waals surface area (Å²) in [5.74, 6) is 0. The van der Waals surface area contributed by atoms with E-state index in [1.807, 2.05) is 19.1 Å². The molecule has 0 aromatic heterocycles. The number of rotatable bonds is 4. The van der Waals surface area contributed by atoms with Gasteiger partial charge in [0, 0.05) is 12.4 Å². The van der Waals surface area contributed by atoms with Gasteiger partial charge in [0.25, 0.3) is 0 Å². The van der Waals surface area contributed by atoms with Gasteiger partial charge in [0.15, 0.2) is 0 Å². The Balaban J connectivity index is 0. The molecule has 0 aromatic carbocycles. The van der Waals surface area contributed by atoms with Crippen molar-refractivity contribution in [3.8, 4) is 0 Å². The summed E-state index contributed by atoms with van der Waals surface area (Å²) in [5.41, 5.74) is 1.68. The number of aliphatic imine (C=N–C) groups is 1. The lowest BCUT2D eigenvalue weighted by Gasteiger charge is -1.94. The second-order valence-corrected chi connectivity index (χ2v) is 2.01. The van der Waals surface area contributed by atoms with Crippen molar-refractivity contribution in [1.82, 2.24) is 0 Å². The Bertz CT molecular complexity index is 232. The van der Waals surface area contributed by atoms with E-state index < -0.39 is 0 Å². The van der Waals surface area contributed by atoms with Gasteiger partial charge in [0.1, 0.15) is 0 Å². The zero-order valence-electron chi connectivity index (χ0n) is 8.29. The molecule has 0 bridgehead atoms. The molecule has 0 heterocycles. The van der Waals surface area contributed by atoms with Gasteiger partial charge in [-0.15, -0.1) is 13.2 Å². The van der Waals surface area contributed by atoms with Crippen LogP contribution in [-0.2, 0) is 0 Å². The predicted molar refractivity (Wildman–Crippen MR) is 63.0 cm³/mol. The van der Waals surface area contributed by atoms with E-state index >= 15 is 0 Å². The van der Waals surface area contributed by atoms with Gasteiger partial charge < -0.3 is 0 Å². The summed E-state index contributed by atoms with van der Waals surface area (Å²) in [7, 11) is 0. The van der Waals surface area contributed by atoms with Crippen molar-refractivity contribution < 1.29 is 0 Å². The first kappa shape index (κ1) is 13.9. The Labute approximate surface area is 81.2 Å². The van der Waals surface area contributed by atoms with Crippen molar-refractivity contribution in [3.63, 3.8) is 0 Å². The minimum atomic E-state index is 0.808. The van der Waals surface area contributed by atoms with Crippen molar-refractivity contribution >= 4 is 6.21 Å². The van der Waals surface area contributed by atoms with Crippen molar-refractivity contribution in [3.05, 3.63) is 62.4 Å². The van der Waals surface area contributed by atoms with Crippen molar-refractivity contribution in [2.24, 2.45) is 4.99 Å². The van der Waals surface area contributed by atoms with E-state index in [1.165, 1.54) is 6.20 Å². The van der Waals surface area contributed by atoms with Gasteiger partial charge in [-0.05, 0) is 18.1 Å². The van der Waals surface area contributed by atoms with Crippen LogP contribution in [0.15, 0.2) is 67.4 Å². The summed E-state index contributed by atoms with van der Waals surface area (Å²) in [6, 6.07) is 0. The van der Waals surface area contributed by atoms with Crippen LogP contribution in [0.25, 0.3) is 0 Å². The van der Waals surface area contributed by atoms with E-state index in [2.05, 4.69) is 37.9 Å². The third-order valence-electron chi connectivity index (χ3n) is 1.12. The molecule has 0 aromatic rings. The normalized spacial score (nSPS) is 9.31. The summed E-state index contributed by atoms with van der Waals surface area (Å²) in [6.45, 7) is 18.9. The first-order valence-electron chi connectivity index (χ1n) is 3.87. The highest BCUT2D eigenvalue weighted by Gasteiger charge is 1.89. The fraction of sp³-hybridized carbons (Fsp3) is 0.0833. The van der Waals surface area contributed by atoms with Gasteiger partial charge in [0.2, 0.25) is 0 Å². The van der Waals surface area contributed by atoms with Gasteiger partial charge in [-0.25, -0.2) is 0 Å². The van der Waals surface area contributed by atoms with Crippen molar-refractivity contribution in [2.75, 3.05) is 0 Å². The second-order valence-electron chi connectivity index (χ2n) is 2.01. The maximum absolute atomic E-state index is 3.82. The van der Waals surface area contributed by atoms with Crippen LogP contribution in [0.1, 0.15) is 6.92 Å². The SMILES string of the molecule is C=C.C=CN=CC(=C)C(=C)/C=C\C. The van der Waals surface area contributed by atoms with Crippen LogP contribution >= 0.6 is 0 Å². The summed E-state index contributed by atoms with van der Waals surface area (Å²) in [5, 5.41) is 0. The lowest BCUT2D eigenvalue weighted by molar-refractivity contribution is 1.57. The third kappa shape index (κ3) is 8.27. The molecule has 0 saturated heterocycles. The van der Waals surface area contributed by atoms with Crippen molar-refractivity contribution in [1.29, 1.82) is 0 Å². The van der Waals surface area contributed by atoms with Crippen molar-refractivity contribution in [2.45, 2.75) is 6.92 Å². The van der Waals surface area contributed by atoms with Crippen LogP contribution in [0, 0.1) is 0 Å². The van der Waals surface area contributed by atoms with E-state index in [9.17, 15) is 0 Å². The lowest BCUT2D eigenvalue weighted by Crippen LogP contribution is -1.82. The molecule has 0 radical (unpaired) electrons. The van der Waals surface area contributed by atoms with E-state index in [0.29, 0.717) is 0 Å². The van der Waals surface area contributed by atoms with Gasteiger partial charge in [-0.3, -0.25) is 4.99 Å². The van der Waals surface area contributed by atoms with E-state index in [1.54, 1.807) is 6.21 Å². The maximum Gasteiger partial charge on any atom is 0.0339 e. The van der Waals surface area contributed by atoms with Crippen LogP contribution in [0.4, 0.5) is 0 Å². The molecule has 13 heavy (non-hydrogen) atoms. The standard InChI is InChI=1S/C10H13N.C2H4/c1-5-7-9(3)10(4)8-11-6-2;1-2/h5-8H,2-4H2,1H3;1-2H2/b7-5-,11-8?;. The minimum Gasteiger partial charge on any atom is -0.265 e. The molecule has 0 aliphatic rings. The van der Waals surface area contributed by atoms with Crippen LogP contribution in [0.5, 0.6) is 0 Å². The van der Waals surface area contributed by atoms with Crippen LogP contribution in [-0.4, -0.2) is 6.21 Å². The molecule has 0 rings (SSSR count). The topological polar surface area (TPSA) is 12.4 Å². The Hall–Kier alpha value is -1.63. The van der Waals surface area contributed by atoms with Crippen LogP contribution in [0.3, 0.4) is 0 Å². The molecule has 0 fully saturated rings. The molecule has 0 amide bonds. The fourth-order valence-electron chi connectivity index (χ4n) is 0.534. The average molecular weight is 175 g/mol. The zero-order chi connectivity index (χ0) is 10.7. The number of hydrogen-bond acceptors (Lipinski definition) is 1. The van der Waals surface area contributed by atoms with E-state index in [-0.39, 0.29) is 0 Å². The number of nitrogens with zero attached hydrogens (tertiary/aromatic N) is 1. The molecule has 70 valence electrons. The molecule has 0 spiro atoms. The van der Waals surface area contributed by atoms with Gasteiger partial charge in [-0.1, -0.05) is 31.9 Å². The van der Waals surface area contributed by atoms with E-state index in [0.717, 1.165) is 11.1 Å². The molecule has 0 N–H and O–H groups in total. The molecule has 0 saturated carbocycles. The predicted octanol–water partition coefficient (Wildman–Crippen LogP) is 3.69. The Morgan fingerprint density at radius 3 is 2.08 bits per heavy atom. The van der Waals surface area contributed by atoms with Gasteiger partial charge >= 0.3 is 0 Å². The molecule has 0 unspecified atom stereocenters. The lowest BCUT2D eigenvalue weighted by atomic mass is 10.1. The quantitative estimate of drug-likeness (QED) is 0.351. The second kappa shape index (κ2) is 10.4. The Kier molecular flexibility index (Phi) is 11.1. The average Bonchev–Trinajstić information content (AvgIpc) is 2.17. The molecular weight excluding hydrogens is 158 g/mol. The minimum absolute atomic E-state index is 0.808. The summed E-state index contributed by atoms with van der Waals surface area (Å²) in [4.78, 5) is 3.82. The molecule has 0 atom stereocenters. The van der Waals surface area contributed by atoms with E-state index in [4.69, 9.17) is 0 Å². The largest absolute Gasteiger partial charge is 0.265 e. The molecule has 0 aliphatic heterocycles. The highest BCUT2D eigenvalue weighted by atomic mass is 14.7. The van der Waals surface area contributed by atoms with Gasteiger partial charge in [0.05, 0.1) is 0 Å². The molecule has 1 heteroatoms. The first-order valence-corrected chi connectivity index (χ1v) is 3.87. The highest BCUT2D eigenvalue weighted by molar-refractivity contribution is 5.84. The smallest absolute Gasteiger partial charge is 0.0339 e. The zero-order valence-corrected chi connectivity index (χ0v) is 8.29. The maximum atomic E-state index is 3.82. The summed E-state index contributed by atoms with van der Waals surface area (Å²) < 4.78 is 0. The third-order valence-corrected chi connectivity index (χ3v) is 1.12. The number of hydrogen-bond donors (Lipinski definition) is 0. The van der Waals surface area contributed by atoms with Crippen LogP contribution in [0.2, 0.25) is 0 Å². The monoisotopic (exact) mass is 175 g/mol. The van der Waals surface area contributed by atoms with Crippen LogP contribution < -0.4 is 0 Å². The molecule has 0 aliphatic carbocycles. The molecule has 1 nitrogen and oxygen atoms in total. The summed E-state index contributed by atoms with van der Waals surface area (Å²) in [6.07, 6.45) is 6.90. The Morgan fingerprint density at radius 2 is 1.69 bits per heavy atom. The Morgan fingerprint density at radius 1 is 1.15 bits per heavy atom. The fourth-order valence-corrected chi connectivity index (χ4v) is 0.534. The number of allylic oxidation sites excluding steroid dienone is 4. The summed E-state index contributed by atoms with van der Waals surface area (Å²) >= 11 is 0. The highest BCUT2D eigenvalue weighted by Crippen LogP contribution is 2.03.